The molecule has 0 atom stereocenters. The molecule has 0 aromatic heterocycles. The Morgan fingerprint density at radius 1 is 1.32 bits per heavy atom. The quantitative estimate of drug-likeness (QED) is 0.763. The summed E-state index contributed by atoms with van der Waals surface area (Å²) in [5.41, 5.74) is 1.96. The van der Waals surface area contributed by atoms with Crippen LogP contribution in [0.5, 0.6) is 0 Å². The summed E-state index contributed by atoms with van der Waals surface area (Å²) in [6.45, 7) is 7.58. The fourth-order valence-electron chi connectivity index (χ4n) is 2.41. The zero-order valence-corrected chi connectivity index (χ0v) is 11.9. The summed E-state index contributed by atoms with van der Waals surface area (Å²) in [7, 11) is 0. The van der Waals surface area contributed by atoms with Gasteiger partial charge in [0.2, 0.25) is 0 Å². The van der Waals surface area contributed by atoms with Crippen LogP contribution in [0, 0.1) is 11.3 Å². The number of rotatable bonds is 7. The molecule has 0 amide bonds. The van der Waals surface area contributed by atoms with Gasteiger partial charge in [0, 0.05) is 31.7 Å². The lowest BCUT2D eigenvalue weighted by atomic mass is 10.1. The van der Waals surface area contributed by atoms with Crippen molar-refractivity contribution >= 4 is 0 Å². The van der Waals surface area contributed by atoms with Gasteiger partial charge in [0.15, 0.2) is 0 Å². The molecule has 1 N–H and O–H groups in total. The summed E-state index contributed by atoms with van der Waals surface area (Å²) in [6, 6.07) is 11.4. The zero-order valence-electron chi connectivity index (χ0n) is 11.9. The molecule has 1 aliphatic carbocycles. The molecule has 1 aromatic carbocycles. The Balaban J connectivity index is 1.69. The van der Waals surface area contributed by atoms with Crippen LogP contribution in [0.2, 0.25) is 0 Å². The summed E-state index contributed by atoms with van der Waals surface area (Å²) < 4.78 is 0. The maximum atomic E-state index is 8.74. The van der Waals surface area contributed by atoms with Crippen LogP contribution in [0.15, 0.2) is 24.3 Å². The SMILES string of the molecule is CC(C)N(CCNCc1ccc(C#N)cc1)C1CC1. The van der Waals surface area contributed by atoms with Gasteiger partial charge in [-0.05, 0) is 44.4 Å². The molecule has 3 heteroatoms. The summed E-state index contributed by atoms with van der Waals surface area (Å²) in [4.78, 5) is 2.59. The number of nitriles is 1. The first-order chi connectivity index (χ1) is 9.20. The summed E-state index contributed by atoms with van der Waals surface area (Å²) in [5.74, 6) is 0. The lowest BCUT2D eigenvalue weighted by Gasteiger charge is -2.26. The first kappa shape index (κ1) is 14.0. The maximum Gasteiger partial charge on any atom is 0.0991 e. The number of benzene rings is 1. The second-order valence-electron chi connectivity index (χ2n) is 5.55. The minimum absolute atomic E-state index is 0.643. The van der Waals surface area contributed by atoms with Crippen LogP contribution < -0.4 is 5.32 Å². The van der Waals surface area contributed by atoms with Gasteiger partial charge in [-0.15, -0.1) is 0 Å². The lowest BCUT2D eigenvalue weighted by Crippen LogP contribution is -2.38. The van der Waals surface area contributed by atoms with E-state index in [1.807, 2.05) is 24.3 Å². The van der Waals surface area contributed by atoms with Crippen molar-refractivity contribution < 1.29 is 0 Å². The van der Waals surface area contributed by atoms with Gasteiger partial charge in [-0.1, -0.05) is 12.1 Å². The minimum Gasteiger partial charge on any atom is -0.311 e. The van der Waals surface area contributed by atoms with Crippen LogP contribution in [-0.4, -0.2) is 30.1 Å². The standard InChI is InChI=1S/C16H23N3/c1-13(2)19(16-7-8-16)10-9-18-12-15-5-3-14(11-17)4-6-15/h3-6,13,16,18H,7-10,12H2,1-2H3. The number of nitrogens with one attached hydrogen (secondary N) is 1. The Labute approximate surface area is 116 Å². The maximum absolute atomic E-state index is 8.74. The Kier molecular flexibility index (Phi) is 4.95. The second-order valence-corrected chi connectivity index (χ2v) is 5.55. The predicted octanol–water partition coefficient (Wildman–Crippen LogP) is 2.52. The first-order valence-corrected chi connectivity index (χ1v) is 7.16. The van der Waals surface area contributed by atoms with Crippen molar-refractivity contribution in [1.29, 1.82) is 5.26 Å². The molecule has 102 valence electrons. The molecule has 1 fully saturated rings. The topological polar surface area (TPSA) is 39.1 Å². The van der Waals surface area contributed by atoms with E-state index >= 15 is 0 Å². The van der Waals surface area contributed by atoms with Crippen LogP contribution in [0.25, 0.3) is 0 Å². The third-order valence-electron chi connectivity index (χ3n) is 3.64. The molecule has 0 saturated heterocycles. The minimum atomic E-state index is 0.643. The molecule has 3 nitrogen and oxygen atoms in total. The van der Waals surface area contributed by atoms with E-state index in [4.69, 9.17) is 5.26 Å². The van der Waals surface area contributed by atoms with Gasteiger partial charge in [0.1, 0.15) is 0 Å². The highest BCUT2D eigenvalue weighted by molar-refractivity contribution is 5.31. The number of nitrogens with zero attached hydrogens (tertiary/aromatic N) is 2. The van der Waals surface area contributed by atoms with Crippen LogP contribution >= 0.6 is 0 Å². The molecule has 0 spiro atoms. The second kappa shape index (κ2) is 6.70. The van der Waals surface area contributed by atoms with Crippen molar-refractivity contribution in [3.05, 3.63) is 35.4 Å². The highest BCUT2D eigenvalue weighted by atomic mass is 15.2. The zero-order chi connectivity index (χ0) is 13.7. The monoisotopic (exact) mass is 257 g/mol. The van der Waals surface area contributed by atoms with E-state index in [0.29, 0.717) is 6.04 Å². The van der Waals surface area contributed by atoms with Gasteiger partial charge in [-0.2, -0.15) is 5.26 Å². The van der Waals surface area contributed by atoms with Gasteiger partial charge in [-0.3, -0.25) is 4.90 Å². The lowest BCUT2D eigenvalue weighted by molar-refractivity contribution is 0.211. The molecule has 0 aliphatic heterocycles. The highest BCUT2D eigenvalue weighted by Crippen LogP contribution is 2.27. The molecule has 0 bridgehead atoms. The predicted molar refractivity (Wildman–Crippen MR) is 77.7 cm³/mol. The molecule has 0 unspecified atom stereocenters. The summed E-state index contributed by atoms with van der Waals surface area (Å²) in [5, 5.41) is 12.2. The fourth-order valence-corrected chi connectivity index (χ4v) is 2.41. The molecular formula is C16H23N3. The van der Waals surface area contributed by atoms with Gasteiger partial charge in [0.05, 0.1) is 11.6 Å². The third kappa shape index (κ3) is 4.34. The van der Waals surface area contributed by atoms with Crippen LogP contribution in [-0.2, 0) is 6.54 Å². The Hall–Kier alpha value is -1.37. The van der Waals surface area contributed by atoms with E-state index in [1.165, 1.54) is 18.4 Å². The first-order valence-electron chi connectivity index (χ1n) is 7.16. The van der Waals surface area contributed by atoms with Crippen molar-refractivity contribution in [2.45, 2.75) is 45.3 Å². The van der Waals surface area contributed by atoms with E-state index in [0.717, 1.165) is 31.2 Å². The molecule has 1 saturated carbocycles. The molecule has 1 aromatic rings. The smallest absolute Gasteiger partial charge is 0.0991 e. The number of hydrogen-bond acceptors (Lipinski definition) is 3. The van der Waals surface area contributed by atoms with Crippen LogP contribution in [0.3, 0.4) is 0 Å². The molecule has 1 aliphatic rings. The van der Waals surface area contributed by atoms with Gasteiger partial charge >= 0.3 is 0 Å². The van der Waals surface area contributed by atoms with E-state index in [9.17, 15) is 0 Å². The molecular weight excluding hydrogens is 234 g/mol. The van der Waals surface area contributed by atoms with E-state index < -0.39 is 0 Å². The largest absolute Gasteiger partial charge is 0.311 e. The van der Waals surface area contributed by atoms with E-state index in [-0.39, 0.29) is 0 Å². The Bertz CT molecular complexity index is 424. The average Bonchev–Trinajstić information content (AvgIpc) is 3.23. The number of hydrogen-bond donors (Lipinski definition) is 1. The highest BCUT2D eigenvalue weighted by Gasteiger charge is 2.29. The van der Waals surface area contributed by atoms with Crippen LogP contribution in [0.4, 0.5) is 0 Å². The van der Waals surface area contributed by atoms with E-state index in [1.54, 1.807) is 0 Å². The molecule has 19 heavy (non-hydrogen) atoms. The van der Waals surface area contributed by atoms with Crippen molar-refractivity contribution in [1.82, 2.24) is 10.2 Å². The Morgan fingerprint density at radius 2 is 2.00 bits per heavy atom. The van der Waals surface area contributed by atoms with E-state index in [2.05, 4.69) is 30.1 Å². The van der Waals surface area contributed by atoms with Crippen molar-refractivity contribution in [3.63, 3.8) is 0 Å². The van der Waals surface area contributed by atoms with Crippen molar-refractivity contribution in [3.8, 4) is 6.07 Å². The molecule has 0 radical (unpaired) electrons. The van der Waals surface area contributed by atoms with Gasteiger partial charge < -0.3 is 5.32 Å². The third-order valence-corrected chi connectivity index (χ3v) is 3.64. The fraction of sp³-hybridized carbons (Fsp3) is 0.562. The van der Waals surface area contributed by atoms with Gasteiger partial charge in [-0.25, -0.2) is 0 Å². The van der Waals surface area contributed by atoms with Crippen molar-refractivity contribution in [2.75, 3.05) is 13.1 Å². The summed E-state index contributed by atoms with van der Waals surface area (Å²) >= 11 is 0. The van der Waals surface area contributed by atoms with Crippen molar-refractivity contribution in [2.24, 2.45) is 0 Å². The normalized spacial score (nSPS) is 14.9. The Morgan fingerprint density at radius 3 is 2.53 bits per heavy atom. The molecule has 2 rings (SSSR count). The summed E-state index contributed by atoms with van der Waals surface area (Å²) in [6.07, 6.45) is 2.74. The van der Waals surface area contributed by atoms with Gasteiger partial charge in [0.25, 0.3) is 0 Å². The van der Waals surface area contributed by atoms with Crippen LogP contribution in [0.1, 0.15) is 37.8 Å². The average molecular weight is 257 g/mol. The molecule has 0 heterocycles.